The maximum Gasteiger partial charge on any atom is 0.106 e. The third-order valence-electron chi connectivity index (χ3n) is 4.50. The number of likely N-dealkylation sites (tertiary alicyclic amines) is 1. The average molecular weight is 367 g/mol. The molecular formula is C18H21N7S. The van der Waals surface area contributed by atoms with Crippen molar-refractivity contribution < 1.29 is 0 Å². The molecule has 0 radical (unpaired) electrons. The van der Waals surface area contributed by atoms with E-state index in [1.165, 1.54) is 37.5 Å². The van der Waals surface area contributed by atoms with Crippen LogP contribution in [0, 0.1) is 0 Å². The highest BCUT2D eigenvalue weighted by atomic mass is 32.1. The highest BCUT2D eigenvalue weighted by molar-refractivity contribution is 7.13. The van der Waals surface area contributed by atoms with E-state index < -0.39 is 0 Å². The van der Waals surface area contributed by atoms with E-state index in [1.54, 1.807) is 6.20 Å². The van der Waals surface area contributed by atoms with Crippen molar-refractivity contribution in [2.24, 2.45) is 5.10 Å². The van der Waals surface area contributed by atoms with Crippen LogP contribution in [0.5, 0.6) is 0 Å². The molecule has 0 spiro atoms. The summed E-state index contributed by atoms with van der Waals surface area (Å²) in [5.41, 5.74) is 7.64. The highest BCUT2D eigenvalue weighted by Gasteiger charge is 2.16. The van der Waals surface area contributed by atoms with E-state index in [0.717, 1.165) is 39.5 Å². The quantitative estimate of drug-likeness (QED) is 0.493. The van der Waals surface area contributed by atoms with Crippen molar-refractivity contribution in [3.8, 4) is 0 Å². The normalized spacial score (nSPS) is 14.6. The molecule has 26 heavy (non-hydrogen) atoms. The fourth-order valence-electron chi connectivity index (χ4n) is 3.18. The summed E-state index contributed by atoms with van der Waals surface area (Å²) in [6.45, 7) is 7.27. The van der Waals surface area contributed by atoms with Crippen LogP contribution in [0.2, 0.25) is 0 Å². The summed E-state index contributed by atoms with van der Waals surface area (Å²) >= 11 is 1.51. The monoisotopic (exact) mass is 367 g/mol. The van der Waals surface area contributed by atoms with Gasteiger partial charge in [-0.15, -0.1) is 0 Å². The number of hydrazone groups is 1. The predicted octanol–water partition coefficient (Wildman–Crippen LogP) is 3.32. The Morgan fingerprint density at radius 2 is 2.12 bits per heavy atom. The van der Waals surface area contributed by atoms with E-state index in [-0.39, 0.29) is 0 Å². The number of pyridine rings is 2. The van der Waals surface area contributed by atoms with E-state index in [9.17, 15) is 0 Å². The first-order valence-electron chi connectivity index (χ1n) is 8.69. The second kappa shape index (κ2) is 7.76. The molecule has 7 nitrogen and oxygen atoms in total. The Morgan fingerprint density at radius 3 is 2.96 bits per heavy atom. The zero-order valence-electron chi connectivity index (χ0n) is 14.5. The first kappa shape index (κ1) is 16.9. The second-order valence-electron chi connectivity index (χ2n) is 6.30. The third kappa shape index (κ3) is 3.66. The van der Waals surface area contributed by atoms with Crippen molar-refractivity contribution in [2.75, 3.05) is 23.8 Å². The van der Waals surface area contributed by atoms with Crippen LogP contribution < -0.4 is 10.7 Å². The molecule has 0 aromatic carbocycles. The highest BCUT2D eigenvalue weighted by Crippen LogP contribution is 2.26. The largest absolute Gasteiger partial charge is 0.378 e. The van der Waals surface area contributed by atoms with Crippen molar-refractivity contribution in [2.45, 2.75) is 25.9 Å². The molecule has 1 saturated heterocycles. The Morgan fingerprint density at radius 1 is 1.23 bits per heavy atom. The summed E-state index contributed by atoms with van der Waals surface area (Å²) in [5, 5.41) is 7.09. The molecule has 4 rings (SSSR count). The number of rotatable bonds is 7. The minimum atomic E-state index is 0.575. The van der Waals surface area contributed by atoms with Crippen LogP contribution in [0.3, 0.4) is 0 Å². The van der Waals surface area contributed by atoms with E-state index in [0.29, 0.717) is 6.54 Å². The Bertz CT molecular complexity index is 901. The molecule has 0 bridgehead atoms. The number of anilines is 2. The van der Waals surface area contributed by atoms with Gasteiger partial charge in [0.1, 0.15) is 5.52 Å². The molecule has 134 valence electrons. The number of fused-ring (bicyclic) bond motifs is 1. The van der Waals surface area contributed by atoms with Gasteiger partial charge in [0, 0.05) is 19.5 Å². The minimum Gasteiger partial charge on any atom is -0.378 e. The molecule has 0 aliphatic carbocycles. The van der Waals surface area contributed by atoms with Crippen molar-refractivity contribution in [3.05, 3.63) is 42.0 Å². The minimum absolute atomic E-state index is 0.575. The Labute approximate surface area is 156 Å². The van der Waals surface area contributed by atoms with Gasteiger partial charge in [-0.2, -0.15) is 9.47 Å². The summed E-state index contributed by atoms with van der Waals surface area (Å²) in [4.78, 5) is 11.5. The summed E-state index contributed by atoms with van der Waals surface area (Å²) in [7, 11) is 0. The van der Waals surface area contributed by atoms with E-state index in [2.05, 4.69) is 47.9 Å². The lowest BCUT2D eigenvalue weighted by atomic mass is 10.2. The fourth-order valence-corrected chi connectivity index (χ4v) is 3.97. The molecule has 0 amide bonds. The van der Waals surface area contributed by atoms with Crippen molar-refractivity contribution in [1.82, 2.24) is 19.2 Å². The molecular weight excluding hydrogens is 346 g/mol. The Hall–Kier alpha value is -2.58. The van der Waals surface area contributed by atoms with Gasteiger partial charge in [0.05, 0.1) is 40.2 Å². The molecule has 0 unspecified atom stereocenters. The van der Waals surface area contributed by atoms with Crippen LogP contribution in [0.25, 0.3) is 10.2 Å². The first-order chi connectivity index (χ1) is 12.8. The van der Waals surface area contributed by atoms with Crippen molar-refractivity contribution >= 4 is 39.8 Å². The fraction of sp³-hybridized carbons (Fsp3) is 0.333. The summed E-state index contributed by atoms with van der Waals surface area (Å²) in [6.07, 6.45) is 6.21. The third-order valence-corrected chi connectivity index (χ3v) is 5.32. The van der Waals surface area contributed by atoms with Gasteiger partial charge in [-0.25, -0.2) is 0 Å². The molecule has 1 fully saturated rings. The standard InChI is InChI=1S/C18H21N7S/c1-19-23-14-5-4-6-20-15(14)11-21-13-9-17-18(22-10-13)16(24-26-17)12-25-7-2-3-8-25/h4-6,9-10,21,23H,1-3,7-8,11-12H2. The lowest BCUT2D eigenvalue weighted by molar-refractivity contribution is 0.329. The van der Waals surface area contributed by atoms with Crippen molar-refractivity contribution in [1.29, 1.82) is 0 Å². The topological polar surface area (TPSA) is 78.3 Å². The van der Waals surface area contributed by atoms with Crippen LogP contribution >= 0.6 is 11.5 Å². The zero-order valence-corrected chi connectivity index (χ0v) is 15.3. The molecule has 0 atom stereocenters. The molecule has 8 heteroatoms. The summed E-state index contributed by atoms with van der Waals surface area (Å²) in [5.74, 6) is 0. The maximum atomic E-state index is 4.65. The van der Waals surface area contributed by atoms with Crippen molar-refractivity contribution in [3.63, 3.8) is 0 Å². The number of nitrogens with zero attached hydrogens (tertiary/aromatic N) is 5. The van der Waals surface area contributed by atoms with Crippen LogP contribution in [0.4, 0.5) is 11.4 Å². The van der Waals surface area contributed by atoms with Gasteiger partial charge in [0.2, 0.25) is 0 Å². The SMILES string of the molecule is C=NNc1cccnc1CNc1cnc2c(CN3CCCC3)nsc2c1. The van der Waals surface area contributed by atoms with Gasteiger partial charge < -0.3 is 5.32 Å². The van der Waals surface area contributed by atoms with Crippen LogP contribution in [-0.2, 0) is 13.1 Å². The number of aromatic nitrogens is 3. The molecule has 1 aliphatic heterocycles. The summed E-state index contributed by atoms with van der Waals surface area (Å²) < 4.78 is 5.73. The van der Waals surface area contributed by atoms with Crippen LogP contribution in [0.15, 0.2) is 35.7 Å². The Kier molecular flexibility index (Phi) is 5.03. The van der Waals surface area contributed by atoms with E-state index >= 15 is 0 Å². The Balaban J connectivity index is 1.47. The lowest BCUT2D eigenvalue weighted by Crippen LogP contribution is -2.18. The molecule has 2 N–H and O–H groups in total. The number of hydrogen-bond acceptors (Lipinski definition) is 8. The van der Waals surface area contributed by atoms with Gasteiger partial charge in [0.15, 0.2) is 0 Å². The first-order valence-corrected chi connectivity index (χ1v) is 9.47. The molecule has 1 aliphatic rings. The number of hydrogen-bond donors (Lipinski definition) is 2. The summed E-state index contributed by atoms with van der Waals surface area (Å²) in [6, 6.07) is 5.90. The van der Waals surface area contributed by atoms with Gasteiger partial charge in [-0.05, 0) is 55.7 Å². The predicted molar refractivity (Wildman–Crippen MR) is 107 cm³/mol. The lowest BCUT2D eigenvalue weighted by Gasteiger charge is -2.12. The van der Waals surface area contributed by atoms with Gasteiger partial charge >= 0.3 is 0 Å². The van der Waals surface area contributed by atoms with E-state index in [1.807, 2.05) is 18.3 Å². The van der Waals surface area contributed by atoms with Crippen LogP contribution in [0.1, 0.15) is 24.2 Å². The molecule has 3 aromatic rings. The molecule has 3 aromatic heterocycles. The average Bonchev–Trinajstić information content (AvgIpc) is 3.32. The van der Waals surface area contributed by atoms with Crippen LogP contribution in [-0.4, -0.2) is 39.0 Å². The van der Waals surface area contributed by atoms with Gasteiger partial charge in [0.25, 0.3) is 0 Å². The molecule has 0 saturated carbocycles. The molecule has 4 heterocycles. The van der Waals surface area contributed by atoms with Gasteiger partial charge in [-0.3, -0.25) is 20.3 Å². The van der Waals surface area contributed by atoms with Gasteiger partial charge in [-0.1, -0.05) is 0 Å². The van der Waals surface area contributed by atoms with E-state index in [4.69, 9.17) is 0 Å². The smallest absolute Gasteiger partial charge is 0.106 e. The second-order valence-corrected chi connectivity index (χ2v) is 7.11. The zero-order chi connectivity index (χ0) is 17.8. The number of nitrogens with one attached hydrogen (secondary N) is 2. The maximum absolute atomic E-state index is 4.65.